The van der Waals surface area contributed by atoms with Crippen LogP contribution in [-0.4, -0.2) is 36.0 Å². The SMILES string of the molecule is CC(C)C(C)(C#N)NC(=O)CN1CCC(Cc2cccc(F)c2)CC1. The highest BCUT2D eigenvalue weighted by molar-refractivity contribution is 5.79. The monoisotopic (exact) mass is 345 g/mol. The van der Waals surface area contributed by atoms with Gasteiger partial charge >= 0.3 is 0 Å². The summed E-state index contributed by atoms with van der Waals surface area (Å²) in [6.45, 7) is 7.68. The number of halogens is 1. The molecule has 0 aliphatic carbocycles. The predicted octanol–water partition coefficient (Wildman–Crippen LogP) is 3.13. The van der Waals surface area contributed by atoms with E-state index < -0.39 is 5.54 Å². The molecule has 0 bridgehead atoms. The van der Waals surface area contributed by atoms with Crippen molar-refractivity contribution in [2.75, 3.05) is 19.6 Å². The van der Waals surface area contributed by atoms with Crippen molar-refractivity contribution in [3.05, 3.63) is 35.6 Å². The van der Waals surface area contributed by atoms with Gasteiger partial charge in [0, 0.05) is 0 Å². The predicted molar refractivity (Wildman–Crippen MR) is 96.3 cm³/mol. The van der Waals surface area contributed by atoms with Crippen molar-refractivity contribution >= 4 is 5.91 Å². The highest BCUT2D eigenvalue weighted by Gasteiger charge is 2.31. The summed E-state index contributed by atoms with van der Waals surface area (Å²) in [6, 6.07) is 9.00. The first-order valence-electron chi connectivity index (χ1n) is 9.01. The first kappa shape index (κ1) is 19.4. The maximum Gasteiger partial charge on any atom is 0.235 e. The van der Waals surface area contributed by atoms with E-state index in [9.17, 15) is 14.4 Å². The highest BCUT2D eigenvalue weighted by atomic mass is 19.1. The molecule has 0 radical (unpaired) electrons. The summed E-state index contributed by atoms with van der Waals surface area (Å²) in [5.41, 5.74) is 0.213. The summed E-state index contributed by atoms with van der Waals surface area (Å²) in [5, 5.41) is 12.2. The van der Waals surface area contributed by atoms with Crippen molar-refractivity contribution in [3.63, 3.8) is 0 Å². The lowest BCUT2D eigenvalue weighted by atomic mass is 9.89. The second-order valence-electron chi connectivity index (χ2n) is 7.57. The molecule has 4 nitrogen and oxygen atoms in total. The second kappa shape index (κ2) is 8.44. The minimum absolute atomic E-state index is 0.0541. The van der Waals surface area contributed by atoms with Crippen LogP contribution in [0.5, 0.6) is 0 Å². The molecule has 5 heteroatoms. The number of nitriles is 1. The molecule has 1 atom stereocenters. The van der Waals surface area contributed by atoms with E-state index in [0.717, 1.165) is 37.9 Å². The van der Waals surface area contributed by atoms with Gasteiger partial charge in [-0.15, -0.1) is 0 Å². The van der Waals surface area contributed by atoms with E-state index in [0.29, 0.717) is 12.5 Å². The van der Waals surface area contributed by atoms with Crippen LogP contribution in [0.1, 0.15) is 39.2 Å². The number of nitrogens with one attached hydrogen (secondary N) is 1. The van der Waals surface area contributed by atoms with Crippen LogP contribution in [-0.2, 0) is 11.2 Å². The summed E-state index contributed by atoms with van der Waals surface area (Å²) in [5.74, 6) is 0.304. The Balaban J connectivity index is 1.78. The molecule has 0 aromatic heterocycles. The van der Waals surface area contributed by atoms with Gasteiger partial charge in [0.2, 0.25) is 5.91 Å². The van der Waals surface area contributed by atoms with Crippen LogP contribution in [0.25, 0.3) is 0 Å². The van der Waals surface area contributed by atoms with Gasteiger partial charge in [-0.3, -0.25) is 9.69 Å². The Kier molecular flexibility index (Phi) is 6.55. The number of rotatable bonds is 6. The number of carbonyl (C=O) groups excluding carboxylic acids is 1. The van der Waals surface area contributed by atoms with E-state index in [-0.39, 0.29) is 17.6 Å². The van der Waals surface area contributed by atoms with Gasteiger partial charge in [0.05, 0.1) is 12.6 Å². The number of nitrogens with zero attached hydrogens (tertiary/aromatic N) is 2. The Morgan fingerprint density at radius 3 is 2.68 bits per heavy atom. The zero-order valence-electron chi connectivity index (χ0n) is 15.4. The molecule has 1 saturated heterocycles. The molecule has 136 valence electrons. The van der Waals surface area contributed by atoms with E-state index in [1.165, 1.54) is 6.07 Å². The van der Waals surface area contributed by atoms with Crippen molar-refractivity contribution < 1.29 is 9.18 Å². The van der Waals surface area contributed by atoms with E-state index in [1.54, 1.807) is 19.1 Å². The fraction of sp³-hybridized carbons (Fsp3) is 0.600. The Morgan fingerprint density at radius 2 is 2.12 bits per heavy atom. The number of amides is 1. The maximum atomic E-state index is 13.3. The maximum absolute atomic E-state index is 13.3. The Labute approximate surface area is 150 Å². The number of hydrogen-bond donors (Lipinski definition) is 1. The Hall–Kier alpha value is -1.93. The fourth-order valence-electron chi connectivity index (χ4n) is 3.18. The number of benzene rings is 1. The van der Waals surface area contributed by atoms with Crippen molar-refractivity contribution in [1.82, 2.24) is 10.2 Å². The normalized spacial score (nSPS) is 18.6. The Bertz CT molecular complexity index is 632. The largest absolute Gasteiger partial charge is 0.337 e. The molecule has 1 aliphatic heterocycles. The van der Waals surface area contributed by atoms with Crippen LogP contribution < -0.4 is 5.32 Å². The van der Waals surface area contributed by atoms with Crippen LogP contribution in [0, 0.1) is 29.0 Å². The van der Waals surface area contributed by atoms with Crippen molar-refractivity contribution in [1.29, 1.82) is 5.26 Å². The molecule has 1 heterocycles. The third-order valence-electron chi connectivity index (χ3n) is 5.27. The van der Waals surface area contributed by atoms with E-state index in [2.05, 4.69) is 16.3 Å². The molecule has 1 fully saturated rings. The van der Waals surface area contributed by atoms with Gasteiger partial charge in [-0.05, 0) is 68.8 Å². The number of piperidine rings is 1. The average Bonchev–Trinajstić information content (AvgIpc) is 2.56. The molecule has 1 aliphatic rings. The highest BCUT2D eigenvalue weighted by Crippen LogP contribution is 2.22. The van der Waals surface area contributed by atoms with Crippen LogP contribution in [0.15, 0.2) is 24.3 Å². The lowest BCUT2D eigenvalue weighted by Gasteiger charge is -2.33. The molecule has 25 heavy (non-hydrogen) atoms. The third-order valence-corrected chi connectivity index (χ3v) is 5.27. The molecular weight excluding hydrogens is 317 g/mol. The molecular formula is C20H28FN3O. The van der Waals surface area contributed by atoms with Crippen molar-refractivity contribution in [3.8, 4) is 6.07 Å². The number of carbonyl (C=O) groups is 1. The van der Waals surface area contributed by atoms with Crippen LogP contribution in [0.4, 0.5) is 4.39 Å². The Morgan fingerprint density at radius 1 is 1.44 bits per heavy atom. The molecule has 0 saturated carbocycles. The summed E-state index contributed by atoms with van der Waals surface area (Å²) < 4.78 is 13.3. The van der Waals surface area contributed by atoms with Gasteiger partial charge < -0.3 is 5.32 Å². The van der Waals surface area contributed by atoms with Gasteiger partial charge in [-0.2, -0.15) is 5.26 Å². The molecule has 2 rings (SSSR count). The third kappa shape index (κ3) is 5.54. The molecule has 0 spiro atoms. The van der Waals surface area contributed by atoms with E-state index >= 15 is 0 Å². The van der Waals surface area contributed by atoms with Gasteiger partial charge in [0.15, 0.2) is 0 Å². The minimum atomic E-state index is -0.827. The molecule has 1 aromatic carbocycles. The number of likely N-dealkylation sites (tertiary alicyclic amines) is 1. The topological polar surface area (TPSA) is 56.1 Å². The zero-order valence-corrected chi connectivity index (χ0v) is 15.4. The van der Waals surface area contributed by atoms with Crippen LogP contribution >= 0.6 is 0 Å². The van der Waals surface area contributed by atoms with Gasteiger partial charge in [0.1, 0.15) is 11.4 Å². The van der Waals surface area contributed by atoms with E-state index in [4.69, 9.17) is 0 Å². The standard InChI is InChI=1S/C20H28FN3O/c1-15(2)20(3,14-22)23-19(25)13-24-9-7-16(8-10-24)11-17-5-4-6-18(21)12-17/h4-6,12,15-16H,7-11,13H2,1-3H3,(H,23,25). The number of hydrogen-bond acceptors (Lipinski definition) is 3. The lowest BCUT2D eigenvalue weighted by Crippen LogP contribution is -2.52. The molecule has 1 aromatic rings. The van der Waals surface area contributed by atoms with Gasteiger partial charge in [0.25, 0.3) is 0 Å². The minimum Gasteiger partial charge on any atom is -0.337 e. The lowest BCUT2D eigenvalue weighted by molar-refractivity contribution is -0.124. The second-order valence-corrected chi connectivity index (χ2v) is 7.57. The molecule has 1 N–H and O–H groups in total. The summed E-state index contributed by atoms with van der Waals surface area (Å²) >= 11 is 0. The van der Waals surface area contributed by atoms with Crippen LogP contribution in [0.2, 0.25) is 0 Å². The fourth-order valence-corrected chi connectivity index (χ4v) is 3.18. The molecule has 1 unspecified atom stereocenters. The summed E-state index contributed by atoms with van der Waals surface area (Å²) in [4.78, 5) is 14.4. The summed E-state index contributed by atoms with van der Waals surface area (Å²) in [6.07, 6.45) is 2.89. The summed E-state index contributed by atoms with van der Waals surface area (Å²) in [7, 11) is 0. The van der Waals surface area contributed by atoms with Gasteiger partial charge in [-0.1, -0.05) is 26.0 Å². The van der Waals surface area contributed by atoms with Crippen molar-refractivity contribution in [2.24, 2.45) is 11.8 Å². The smallest absolute Gasteiger partial charge is 0.235 e. The average molecular weight is 345 g/mol. The first-order chi connectivity index (χ1) is 11.8. The zero-order chi connectivity index (χ0) is 18.4. The van der Waals surface area contributed by atoms with Crippen LogP contribution in [0.3, 0.4) is 0 Å². The quantitative estimate of drug-likeness (QED) is 0.862. The first-order valence-corrected chi connectivity index (χ1v) is 9.01. The molecule has 1 amide bonds. The van der Waals surface area contributed by atoms with Gasteiger partial charge in [-0.25, -0.2) is 4.39 Å². The van der Waals surface area contributed by atoms with E-state index in [1.807, 2.05) is 19.9 Å². The van der Waals surface area contributed by atoms with Crippen molar-refractivity contribution in [2.45, 2.75) is 45.6 Å².